The van der Waals surface area contributed by atoms with E-state index < -0.39 is 0 Å². The van der Waals surface area contributed by atoms with Gasteiger partial charge in [0.05, 0.1) is 12.3 Å². The van der Waals surface area contributed by atoms with E-state index in [0.29, 0.717) is 28.1 Å². The fraction of sp³-hybridized carbons (Fsp3) is 0.231. The molecule has 0 spiro atoms. The lowest BCUT2D eigenvalue weighted by Crippen LogP contribution is -2.03. The highest BCUT2D eigenvalue weighted by Crippen LogP contribution is 2.30. The molecule has 2 rings (SSSR count). The fourth-order valence-corrected chi connectivity index (χ4v) is 3.30. The van der Waals surface area contributed by atoms with Gasteiger partial charge in [-0.3, -0.25) is 0 Å². The number of anilines is 1. The molecule has 0 amide bonds. The third kappa shape index (κ3) is 3.88. The largest absolute Gasteiger partial charge is 0.461 e. The molecule has 2 N–H and O–H groups in total. The predicted molar refractivity (Wildman–Crippen MR) is 83.5 cm³/mol. The lowest BCUT2D eigenvalue weighted by molar-refractivity contribution is 0.0525. The van der Waals surface area contributed by atoms with E-state index in [1.807, 2.05) is 11.4 Å². The molecule has 0 saturated heterocycles. The minimum atomic E-state index is -0.375. The minimum absolute atomic E-state index is 0.351. The molecule has 20 heavy (non-hydrogen) atoms. The SMILES string of the molecule is CCOC(=O)c1nc(CSc2ccc(Cl)cc2N)cs1. The first-order chi connectivity index (χ1) is 9.60. The third-order valence-electron chi connectivity index (χ3n) is 2.35. The molecule has 0 atom stereocenters. The van der Waals surface area contributed by atoms with Crippen molar-refractivity contribution in [2.24, 2.45) is 0 Å². The van der Waals surface area contributed by atoms with Crippen LogP contribution in [0.25, 0.3) is 0 Å². The summed E-state index contributed by atoms with van der Waals surface area (Å²) in [6.07, 6.45) is 0. The van der Waals surface area contributed by atoms with Crippen LogP contribution in [0.15, 0.2) is 28.5 Å². The number of rotatable bonds is 5. The maximum absolute atomic E-state index is 11.5. The van der Waals surface area contributed by atoms with Crippen molar-refractivity contribution in [2.45, 2.75) is 17.6 Å². The maximum Gasteiger partial charge on any atom is 0.367 e. The van der Waals surface area contributed by atoms with Crippen LogP contribution in [0.3, 0.4) is 0 Å². The number of carbonyl (C=O) groups excluding carboxylic acids is 1. The van der Waals surface area contributed by atoms with Gasteiger partial charge in [-0.1, -0.05) is 11.6 Å². The molecule has 1 heterocycles. The topological polar surface area (TPSA) is 65.2 Å². The van der Waals surface area contributed by atoms with E-state index in [4.69, 9.17) is 22.1 Å². The molecule has 7 heteroatoms. The summed E-state index contributed by atoms with van der Waals surface area (Å²) in [4.78, 5) is 16.7. The number of halogens is 1. The van der Waals surface area contributed by atoms with Crippen molar-refractivity contribution in [3.8, 4) is 0 Å². The Morgan fingerprint density at radius 3 is 3.05 bits per heavy atom. The highest BCUT2D eigenvalue weighted by molar-refractivity contribution is 7.98. The molecule has 0 aliphatic heterocycles. The lowest BCUT2D eigenvalue weighted by Gasteiger charge is -2.04. The quantitative estimate of drug-likeness (QED) is 0.513. The van der Waals surface area contributed by atoms with Crippen LogP contribution in [0, 0.1) is 0 Å². The van der Waals surface area contributed by atoms with Gasteiger partial charge in [0.2, 0.25) is 5.01 Å². The fourth-order valence-electron chi connectivity index (χ4n) is 1.46. The predicted octanol–water partition coefficient (Wildman–Crippen LogP) is 3.85. The average Bonchev–Trinajstić information content (AvgIpc) is 2.87. The van der Waals surface area contributed by atoms with Crippen molar-refractivity contribution in [3.05, 3.63) is 39.3 Å². The molecule has 0 saturated carbocycles. The normalized spacial score (nSPS) is 10.5. The van der Waals surface area contributed by atoms with Crippen LogP contribution in [-0.4, -0.2) is 17.6 Å². The number of thiazole rings is 1. The number of nitrogens with two attached hydrogens (primary N) is 1. The summed E-state index contributed by atoms with van der Waals surface area (Å²) >= 11 is 8.69. The first-order valence-electron chi connectivity index (χ1n) is 5.89. The molecule has 0 bridgehead atoms. The Morgan fingerprint density at radius 1 is 1.55 bits per heavy atom. The van der Waals surface area contributed by atoms with Crippen LogP contribution < -0.4 is 5.73 Å². The average molecular weight is 329 g/mol. The summed E-state index contributed by atoms with van der Waals surface area (Å²) < 4.78 is 4.90. The second-order valence-electron chi connectivity index (χ2n) is 3.84. The van der Waals surface area contributed by atoms with Crippen LogP contribution in [0.4, 0.5) is 5.69 Å². The van der Waals surface area contributed by atoms with Crippen molar-refractivity contribution >= 4 is 46.4 Å². The second kappa shape index (κ2) is 6.97. The van der Waals surface area contributed by atoms with Crippen molar-refractivity contribution in [1.29, 1.82) is 0 Å². The standard InChI is InChI=1S/C13H13ClN2O2S2/c1-2-18-13(17)12-16-9(7-20-12)6-19-11-4-3-8(14)5-10(11)15/h3-5,7H,2,6,15H2,1H3. The molecule has 2 aromatic rings. The number of aromatic nitrogens is 1. The summed E-state index contributed by atoms with van der Waals surface area (Å²) in [5, 5.41) is 2.85. The van der Waals surface area contributed by atoms with E-state index in [-0.39, 0.29) is 5.97 Å². The van der Waals surface area contributed by atoms with E-state index in [1.54, 1.807) is 30.8 Å². The van der Waals surface area contributed by atoms with Crippen LogP contribution in [0.2, 0.25) is 5.02 Å². The van der Waals surface area contributed by atoms with Gasteiger partial charge in [-0.25, -0.2) is 9.78 Å². The van der Waals surface area contributed by atoms with Crippen LogP contribution in [0.1, 0.15) is 22.4 Å². The zero-order valence-corrected chi connectivity index (χ0v) is 13.1. The van der Waals surface area contributed by atoms with E-state index in [1.165, 1.54) is 11.3 Å². The van der Waals surface area contributed by atoms with Gasteiger partial charge in [-0.05, 0) is 25.1 Å². The van der Waals surface area contributed by atoms with Gasteiger partial charge >= 0.3 is 5.97 Å². The highest BCUT2D eigenvalue weighted by Gasteiger charge is 2.12. The van der Waals surface area contributed by atoms with E-state index in [0.717, 1.165) is 10.6 Å². The van der Waals surface area contributed by atoms with Gasteiger partial charge in [0, 0.05) is 26.7 Å². The van der Waals surface area contributed by atoms with E-state index in [2.05, 4.69) is 4.98 Å². The number of nitrogen functional groups attached to an aromatic ring is 1. The number of carbonyl (C=O) groups is 1. The number of thioether (sulfide) groups is 1. The molecule has 106 valence electrons. The summed E-state index contributed by atoms with van der Waals surface area (Å²) in [6, 6.07) is 5.39. The number of hydrogen-bond donors (Lipinski definition) is 1. The van der Waals surface area contributed by atoms with Gasteiger partial charge in [0.1, 0.15) is 0 Å². The number of hydrogen-bond acceptors (Lipinski definition) is 6. The van der Waals surface area contributed by atoms with Crippen molar-refractivity contribution in [3.63, 3.8) is 0 Å². The Balaban J connectivity index is 1.99. The number of nitrogens with zero attached hydrogens (tertiary/aromatic N) is 1. The number of ether oxygens (including phenoxy) is 1. The molecular formula is C13H13ClN2O2S2. The lowest BCUT2D eigenvalue weighted by atomic mass is 10.3. The molecule has 0 radical (unpaired) electrons. The molecule has 1 aromatic heterocycles. The molecule has 1 aromatic carbocycles. The van der Waals surface area contributed by atoms with Gasteiger partial charge in [0.25, 0.3) is 0 Å². The number of benzene rings is 1. The molecule has 0 aliphatic rings. The van der Waals surface area contributed by atoms with Gasteiger partial charge in [-0.15, -0.1) is 23.1 Å². The Labute approximate surface area is 130 Å². The zero-order valence-electron chi connectivity index (χ0n) is 10.8. The molecule has 4 nitrogen and oxygen atoms in total. The van der Waals surface area contributed by atoms with Crippen molar-refractivity contribution < 1.29 is 9.53 Å². The van der Waals surface area contributed by atoms with Gasteiger partial charge < -0.3 is 10.5 Å². The van der Waals surface area contributed by atoms with E-state index >= 15 is 0 Å². The number of esters is 1. The van der Waals surface area contributed by atoms with Crippen LogP contribution in [0.5, 0.6) is 0 Å². The zero-order chi connectivity index (χ0) is 14.5. The van der Waals surface area contributed by atoms with Gasteiger partial charge in [0.15, 0.2) is 0 Å². The Bertz CT molecular complexity index is 616. The first kappa shape index (κ1) is 15.2. The summed E-state index contributed by atoms with van der Waals surface area (Å²) in [5.74, 6) is 0.265. The molecular weight excluding hydrogens is 316 g/mol. The maximum atomic E-state index is 11.5. The monoisotopic (exact) mass is 328 g/mol. The molecule has 0 unspecified atom stereocenters. The highest BCUT2D eigenvalue weighted by atomic mass is 35.5. The van der Waals surface area contributed by atoms with Crippen molar-refractivity contribution in [2.75, 3.05) is 12.3 Å². The Morgan fingerprint density at radius 2 is 2.35 bits per heavy atom. The van der Waals surface area contributed by atoms with Crippen LogP contribution in [-0.2, 0) is 10.5 Å². The first-order valence-corrected chi connectivity index (χ1v) is 8.14. The summed E-state index contributed by atoms with van der Waals surface area (Å²) in [7, 11) is 0. The second-order valence-corrected chi connectivity index (χ2v) is 6.15. The Hall–Kier alpha value is -1.24. The minimum Gasteiger partial charge on any atom is -0.461 e. The summed E-state index contributed by atoms with van der Waals surface area (Å²) in [5.41, 5.74) is 7.35. The van der Waals surface area contributed by atoms with Gasteiger partial charge in [-0.2, -0.15) is 0 Å². The summed E-state index contributed by atoms with van der Waals surface area (Å²) in [6.45, 7) is 2.12. The molecule has 0 aliphatic carbocycles. The Kier molecular flexibility index (Phi) is 5.28. The van der Waals surface area contributed by atoms with Crippen molar-refractivity contribution in [1.82, 2.24) is 4.98 Å². The van der Waals surface area contributed by atoms with E-state index in [9.17, 15) is 4.79 Å². The van der Waals surface area contributed by atoms with Crippen LogP contribution >= 0.6 is 34.7 Å². The third-order valence-corrected chi connectivity index (χ3v) is 4.58. The molecule has 0 fully saturated rings. The smallest absolute Gasteiger partial charge is 0.367 e.